The van der Waals surface area contributed by atoms with Gasteiger partial charge < -0.3 is 10.2 Å². The summed E-state index contributed by atoms with van der Waals surface area (Å²) >= 11 is 0. The summed E-state index contributed by atoms with van der Waals surface area (Å²) in [7, 11) is 0. The Balaban J connectivity index is 1.55. The van der Waals surface area contributed by atoms with Crippen LogP contribution in [0.25, 0.3) is 0 Å². The number of hydrogen-bond donors (Lipinski definition) is 1. The average Bonchev–Trinajstić information content (AvgIpc) is 2.95. The van der Waals surface area contributed by atoms with Gasteiger partial charge in [0.1, 0.15) is 0 Å². The molecule has 0 radical (unpaired) electrons. The number of rotatable bonds is 5. The smallest absolute Gasteiger partial charge is 0.0107 e. The topological polar surface area (TPSA) is 15.3 Å². The molecule has 1 heterocycles. The van der Waals surface area contributed by atoms with Gasteiger partial charge in [0.15, 0.2) is 0 Å². The number of nitrogens with one attached hydrogen (secondary N) is 1. The molecule has 1 unspecified atom stereocenters. The molecule has 106 valence electrons. The van der Waals surface area contributed by atoms with Crippen molar-refractivity contribution in [1.29, 1.82) is 0 Å². The first-order valence-corrected chi connectivity index (χ1v) is 7.99. The SMILES string of the molecule is CC(C)(C)C1CCN(CCNCC2CCCC2)C1. The zero-order chi connectivity index (χ0) is 13.0. The molecular weight excluding hydrogens is 220 g/mol. The molecule has 1 aliphatic carbocycles. The van der Waals surface area contributed by atoms with Crippen molar-refractivity contribution in [2.45, 2.75) is 52.9 Å². The molecule has 2 nitrogen and oxygen atoms in total. The molecule has 0 spiro atoms. The summed E-state index contributed by atoms with van der Waals surface area (Å²) in [6, 6.07) is 0. The van der Waals surface area contributed by atoms with Crippen molar-refractivity contribution in [1.82, 2.24) is 10.2 Å². The molecule has 1 saturated carbocycles. The van der Waals surface area contributed by atoms with E-state index in [-0.39, 0.29) is 0 Å². The van der Waals surface area contributed by atoms with E-state index in [1.54, 1.807) is 0 Å². The van der Waals surface area contributed by atoms with E-state index < -0.39 is 0 Å². The summed E-state index contributed by atoms with van der Waals surface area (Å²) in [4.78, 5) is 2.65. The second kappa shape index (κ2) is 6.38. The zero-order valence-corrected chi connectivity index (χ0v) is 12.7. The Hall–Kier alpha value is -0.0800. The van der Waals surface area contributed by atoms with E-state index in [0.717, 1.165) is 11.8 Å². The van der Waals surface area contributed by atoms with Crippen molar-refractivity contribution in [2.24, 2.45) is 17.3 Å². The second-order valence-corrected chi connectivity index (χ2v) is 7.51. The number of hydrogen-bond acceptors (Lipinski definition) is 2. The van der Waals surface area contributed by atoms with Gasteiger partial charge >= 0.3 is 0 Å². The fraction of sp³-hybridized carbons (Fsp3) is 1.00. The van der Waals surface area contributed by atoms with Crippen LogP contribution in [0.1, 0.15) is 52.9 Å². The lowest BCUT2D eigenvalue weighted by molar-refractivity contribution is 0.229. The number of nitrogens with zero attached hydrogens (tertiary/aromatic N) is 1. The maximum Gasteiger partial charge on any atom is 0.0107 e. The molecular formula is C16H32N2. The van der Waals surface area contributed by atoms with Crippen LogP contribution in [0, 0.1) is 17.3 Å². The van der Waals surface area contributed by atoms with E-state index in [1.165, 1.54) is 64.8 Å². The van der Waals surface area contributed by atoms with Crippen LogP contribution in [0.5, 0.6) is 0 Å². The molecule has 0 bridgehead atoms. The van der Waals surface area contributed by atoms with E-state index in [4.69, 9.17) is 0 Å². The summed E-state index contributed by atoms with van der Waals surface area (Å²) < 4.78 is 0. The molecule has 1 N–H and O–H groups in total. The molecule has 2 rings (SSSR count). The van der Waals surface area contributed by atoms with Crippen LogP contribution < -0.4 is 5.32 Å². The summed E-state index contributed by atoms with van der Waals surface area (Å²) in [6.07, 6.45) is 7.25. The highest BCUT2D eigenvalue weighted by molar-refractivity contribution is 4.84. The van der Waals surface area contributed by atoms with Crippen molar-refractivity contribution in [3.8, 4) is 0 Å². The lowest BCUT2D eigenvalue weighted by atomic mass is 9.80. The lowest BCUT2D eigenvalue weighted by Crippen LogP contribution is -2.33. The highest BCUT2D eigenvalue weighted by atomic mass is 15.2. The van der Waals surface area contributed by atoms with Crippen molar-refractivity contribution in [2.75, 3.05) is 32.7 Å². The van der Waals surface area contributed by atoms with E-state index in [2.05, 4.69) is 31.0 Å². The lowest BCUT2D eigenvalue weighted by Gasteiger charge is -2.27. The molecule has 2 heteroatoms. The Morgan fingerprint density at radius 2 is 1.83 bits per heavy atom. The molecule has 18 heavy (non-hydrogen) atoms. The minimum atomic E-state index is 0.492. The largest absolute Gasteiger partial charge is 0.315 e. The Morgan fingerprint density at radius 3 is 2.44 bits per heavy atom. The summed E-state index contributed by atoms with van der Waals surface area (Å²) in [5.41, 5.74) is 0.492. The molecule has 0 amide bonds. The van der Waals surface area contributed by atoms with Crippen LogP contribution in [0.2, 0.25) is 0 Å². The summed E-state index contributed by atoms with van der Waals surface area (Å²) in [5.74, 6) is 1.87. The summed E-state index contributed by atoms with van der Waals surface area (Å²) in [5, 5.41) is 3.67. The first kappa shape index (κ1) is 14.3. The van der Waals surface area contributed by atoms with Crippen molar-refractivity contribution >= 4 is 0 Å². The third-order valence-corrected chi connectivity index (χ3v) is 5.01. The van der Waals surface area contributed by atoms with Gasteiger partial charge in [-0.2, -0.15) is 0 Å². The van der Waals surface area contributed by atoms with E-state index in [1.807, 2.05) is 0 Å². The quantitative estimate of drug-likeness (QED) is 0.756. The van der Waals surface area contributed by atoms with Gasteiger partial charge in [0.25, 0.3) is 0 Å². The van der Waals surface area contributed by atoms with Crippen molar-refractivity contribution in [3.05, 3.63) is 0 Å². The van der Waals surface area contributed by atoms with E-state index >= 15 is 0 Å². The van der Waals surface area contributed by atoms with Crippen LogP contribution in [0.4, 0.5) is 0 Å². The molecule has 2 fully saturated rings. The van der Waals surface area contributed by atoms with Gasteiger partial charge in [0.2, 0.25) is 0 Å². The Bertz CT molecular complexity index is 238. The Kier molecular flexibility index (Phi) is 5.08. The van der Waals surface area contributed by atoms with Crippen LogP contribution in [0.3, 0.4) is 0 Å². The van der Waals surface area contributed by atoms with Gasteiger partial charge in [-0.15, -0.1) is 0 Å². The van der Waals surface area contributed by atoms with Gasteiger partial charge in [-0.25, -0.2) is 0 Å². The molecule has 0 aromatic carbocycles. The van der Waals surface area contributed by atoms with Crippen LogP contribution >= 0.6 is 0 Å². The molecule has 1 atom stereocenters. The Labute approximate surface area is 114 Å². The van der Waals surface area contributed by atoms with Gasteiger partial charge in [-0.1, -0.05) is 33.6 Å². The average molecular weight is 252 g/mol. The zero-order valence-electron chi connectivity index (χ0n) is 12.7. The Morgan fingerprint density at radius 1 is 1.11 bits per heavy atom. The predicted octanol–water partition coefficient (Wildman–Crippen LogP) is 3.13. The standard InChI is InChI=1S/C16H32N2/c1-16(2,3)15-8-10-18(13-15)11-9-17-12-14-6-4-5-7-14/h14-15,17H,4-13H2,1-3H3. The fourth-order valence-corrected chi connectivity index (χ4v) is 3.50. The second-order valence-electron chi connectivity index (χ2n) is 7.51. The highest BCUT2D eigenvalue weighted by Crippen LogP contribution is 2.33. The number of likely N-dealkylation sites (tertiary alicyclic amines) is 1. The van der Waals surface area contributed by atoms with Gasteiger partial charge in [-0.3, -0.25) is 0 Å². The van der Waals surface area contributed by atoms with Gasteiger partial charge in [0, 0.05) is 19.6 Å². The maximum absolute atomic E-state index is 3.67. The van der Waals surface area contributed by atoms with Gasteiger partial charge in [-0.05, 0) is 49.6 Å². The highest BCUT2D eigenvalue weighted by Gasteiger charge is 2.31. The van der Waals surface area contributed by atoms with Crippen LogP contribution in [-0.4, -0.2) is 37.6 Å². The van der Waals surface area contributed by atoms with Crippen LogP contribution in [0.15, 0.2) is 0 Å². The summed E-state index contributed by atoms with van der Waals surface area (Å²) in [6.45, 7) is 13.5. The third-order valence-electron chi connectivity index (χ3n) is 5.01. The van der Waals surface area contributed by atoms with Gasteiger partial charge in [0.05, 0.1) is 0 Å². The van der Waals surface area contributed by atoms with E-state index in [0.29, 0.717) is 5.41 Å². The first-order chi connectivity index (χ1) is 8.55. The molecule has 1 saturated heterocycles. The molecule has 2 aliphatic rings. The minimum Gasteiger partial charge on any atom is -0.315 e. The third kappa shape index (κ3) is 4.24. The molecule has 1 aliphatic heterocycles. The van der Waals surface area contributed by atoms with Crippen molar-refractivity contribution < 1.29 is 0 Å². The first-order valence-electron chi connectivity index (χ1n) is 7.99. The van der Waals surface area contributed by atoms with Crippen LogP contribution in [-0.2, 0) is 0 Å². The monoisotopic (exact) mass is 252 g/mol. The predicted molar refractivity (Wildman–Crippen MR) is 78.8 cm³/mol. The van der Waals surface area contributed by atoms with E-state index in [9.17, 15) is 0 Å². The molecule has 0 aromatic rings. The fourth-order valence-electron chi connectivity index (χ4n) is 3.50. The molecule has 0 aromatic heterocycles. The maximum atomic E-state index is 3.67. The normalized spacial score (nSPS) is 27.2. The van der Waals surface area contributed by atoms with Crippen molar-refractivity contribution in [3.63, 3.8) is 0 Å². The minimum absolute atomic E-state index is 0.492.